The smallest absolute Gasteiger partial charge is 0.0854 e. The monoisotopic (exact) mass is 346 g/mol. The van der Waals surface area contributed by atoms with Crippen LogP contribution in [0.3, 0.4) is 0 Å². The maximum atomic E-state index is 10.5. The highest BCUT2D eigenvalue weighted by molar-refractivity contribution is 9.11. The molecular formula is C13H16Br2O. The number of hydrogen-bond acceptors (Lipinski definition) is 1. The van der Waals surface area contributed by atoms with Gasteiger partial charge < -0.3 is 5.11 Å². The number of aliphatic hydroxyl groups is 1. The van der Waals surface area contributed by atoms with E-state index in [0.29, 0.717) is 0 Å². The molecule has 0 amide bonds. The van der Waals surface area contributed by atoms with Gasteiger partial charge in [0.15, 0.2) is 0 Å². The van der Waals surface area contributed by atoms with Gasteiger partial charge in [-0.2, -0.15) is 0 Å². The molecule has 1 aliphatic carbocycles. The molecule has 0 aromatic heterocycles. The standard InChI is InChI=1S/C13H16Br2O/c1-13(6-2-3-7-13)12(16)10-8-9(14)4-5-11(10)15/h4-5,8,12,16H,2-3,6-7H2,1H3. The highest BCUT2D eigenvalue weighted by atomic mass is 79.9. The van der Waals surface area contributed by atoms with Crippen LogP contribution in [-0.4, -0.2) is 5.11 Å². The lowest BCUT2D eigenvalue weighted by Crippen LogP contribution is -2.22. The SMILES string of the molecule is CC1(C(O)c2cc(Br)ccc2Br)CCCC1. The summed E-state index contributed by atoms with van der Waals surface area (Å²) in [6, 6.07) is 5.98. The summed E-state index contributed by atoms with van der Waals surface area (Å²) >= 11 is 6.98. The Labute approximate surface area is 114 Å². The van der Waals surface area contributed by atoms with Crippen molar-refractivity contribution in [3.63, 3.8) is 0 Å². The molecule has 1 atom stereocenters. The van der Waals surface area contributed by atoms with Gasteiger partial charge in [-0.15, -0.1) is 0 Å². The van der Waals surface area contributed by atoms with Crippen LogP contribution < -0.4 is 0 Å². The average molecular weight is 348 g/mol. The van der Waals surface area contributed by atoms with Crippen LogP contribution in [0.15, 0.2) is 27.1 Å². The minimum absolute atomic E-state index is 0.0450. The third-order valence-electron chi connectivity index (χ3n) is 3.66. The Morgan fingerprint density at radius 3 is 2.50 bits per heavy atom. The van der Waals surface area contributed by atoms with E-state index in [1.54, 1.807) is 0 Å². The third-order valence-corrected chi connectivity index (χ3v) is 4.87. The van der Waals surface area contributed by atoms with Gasteiger partial charge in [-0.25, -0.2) is 0 Å². The fourth-order valence-corrected chi connectivity index (χ4v) is 3.40. The molecule has 88 valence electrons. The summed E-state index contributed by atoms with van der Waals surface area (Å²) in [5, 5.41) is 10.5. The molecule has 16 heavy (non-hydrogen) atoms. The molecule has 3 heteroatoms. The van der Waals surface area contributed by atoms with Crippen LogP contribution in [-0.2, 0) is 0 Å². The van der Waals surface area contributed by atoms with Gasteiger partial charge in [0, 0.05) is 8.95 Å². The zero-order chi connectivity index (χ0) is 11.8. The lowest BCUT2D eigenvalue weighted by molar-refractivity contribution is 0.0402. The van der Waals surface area contributed by atoms with Crippen LogP contribution in [0.25, 0.3) is 0 Å². The second-order valence-corrected chi connectivity index (χ2v) is 6.70. The zero-order valence-electron chi connectivity index (χ0n) is 9.34. The summed E-state index contributed by atoms with van der Waals surface area (Å²) in [5.41, 5.74) is 1.04. The van der Waals surface area contributed by atoms with Crippen molar-refractivity contribution in [3.05, 3.63) is 32.7 Å². The topological polar surface area (TPSA) is 20.2 Å². The lowest BCUT2D eigenvalue weighted by atomic mass is 9.79. The predicted molar refractivity (Wildman–Crippen MR) is 73.4 cm³/mol. The molecule has 2 rings (SSSR count). The molecule has 1 aromatic rings. The highest BCUT2D eigenvalue weighted by Gasteiger charge is 2.37. The third kappa shape index (κ3) is 2.36. The molecule has 0 heterocycles. The second kappa shape index (κ2) is 4.79. The highest BCUT2D eigenvalue weighted by Crippen LogP contribution is 2.48. The quantitative estimate of drug-likeness (QED) is 0.812. The van der Waals surface area contributed by atoms with Gasteiger partial charge in [-0.3, -0.25) is 0 Å². The van der Waals surface area contributed by atoms with Crippen molar-refractivity contribution in [2.24, 2.45) is 5.41 Å². The summed E-state index contributed by atoms with van der Waals surface area (Å²) in [5.74, 6) is 0. The molecule has 1 aromatic carbocycles. The fourth-order valence-electron chi connectivity index (χ4n) is 2.56. The van der Waals surface area contributed by atoms with Crippen molar-refractivity contribution in [2.45, 2.75) is 38.7 Å². The molecule has 0 spiro atoms. The van der Waals surface area contributed by atoms with E-state index in [1.807, 2.05) is 18.2 Å². The van der Waals surface area contributed by atoms with E-state index in [-0.39, 0.29) is 11.5 Å². The van der Waals surface area contributed by atoms with Crippen LogP contribution in [0.4, 0.5) is 0 Å². The van der Waals surface area contributed by atoms with Crippen LogP contribution >= 0.6 is 31.9 Å². The van der Waals surface area contributed by atoms with Crippen molar-refractivity contribution in [1.29, 1.82) is 0 Å². The van der Waals surface area contributed by atoms with Crippen LogP contribution in [0.1, 0.15) is 44.3 Å². The van der Waals surface area contributed by atoms with Gasteiger partial charge in [0.1, 0.15) is 0 Å². The summed E-state index contributed by atoms with van der Waals surface area (Å²) in [4.78, 5) is 0. The van der Waals surface area contributed by atoms with E-state index in [9.17, 15) is 5.11 Å². The first-order valence-electron chi connectivity index (χ1n) is 5.66. The van der Waals surface area contributed by atoms with E-state index in [4.69, 9.17) is 0 Å². The van der Waals surface area contributed by atoms with Crippen molar-refractivity contribution < 1.29 is 5.11 Å². The largest absolute Gasteiger partial charge is 0.388 e. The van der Waals surface area contributed by atoms with Crippen molar-refractivity contribution in [3.8, 4) is 0 Å². The molecule has 1 saturated carbocycles. The summed E-state index contributed by atoms with van der Waals surface area (Å²) in [7, 11) is 0. The average Bonchev–Trinajstić information content (AvgIpc) is 2.69. The second-order valence-electron chi connectivity index (χ2n) is 4.93. The zero-order valence-corrected chi connectivity index (χ0v) is 12.5. The molecule has 0 radical (unpaired) electrons. The molecule has 0 bridgehead atoms. The van der Waals surface area contributed by atoms with Gasteiger partial charge in [0.2, 0.25) is 0 Å². The molecule has 1 fully saturated rings. The van der Waals surface area contributed by atoms with Gasteiger partial charge in [-0.1, -0.05) is 51.6 Å². The number of rotatable bonds is 2. The normalized spacial score (nSPS) is 21.0. The Balaban J connectivity index is 2.32. The van der Waals surface area contributed by atoms with Crippen molar-refractivity contribution in [2.75, 3.05) is 0 Å². The minimum atomic E-state index is -0.373. The molecule has 1 nitrogen and oxygen atoms in total. The first-order valence-corrected chi connectivity index (χ1v) is 7.24. The number of halogens is 2. The van der Waals surface area contributed by atoms with E-state index >= 15 is 0 Å². The summed E-state index contributed by atoms with van der Waals surface area (Å²) in [6.07, 6.45) is 4.33. The van der Waals surface area contributed by atoms with Crippen LogP contribution in [0, 0.1) is 5.41 Å². The van der Waals surface area contributed by atoms with Crippen LogP contribution in [0.5, 0.6) is 0 Å². The summed E-state index contributed by atoms with van der Waals surface area (Å²) < 4.78 is 2.02. The molecular weight excluding hydrogens is 332 g/mol. The molecule has 0 saturated heterocycles. The molecule has 0 aliphatic heterocycles. The van der Waals surface area contributed by atoms with Gasteiger partial charge in [-0.05, 0) is 42.0 Å². The number of benzene rings is 1. The van der Waals surface area contributed by atoms with E-state index < -0.39 is 0 Å². The predicted octanol–water partition coefficient (Wildman–Crippen LogP) is 4.83. The number of hydrogen-bond donors (Lipinski definition) is 1. The van der Waals surface area contributed by atoms with E-state index in [2.05, 4.69) is 38.8 Å². The molecule has 1 N–H and O–H groups in total. The maximum absolute atomic E-state index is 10.5. The van der Waals surface area contributed by atoms with Crippen LogP contribution in [0.2, 0.25) is 0 Å². The van der Waals surface area contributed by atoms with Crippen molar-refractivity contribution in [1.82, 2.24) is 0 Å². The Hall–Kier alpha value is 0.140. The molecule has 1 unspecified atom stereocenters. The van der Waals surface area contributed by atoms with E-state index in [0.717, 1.165) is 27.4 Å². The van der Waals surface area contributed by atoms with E-state index in [1.165, 1.54) is 12.8 Å². The van der Waals surface area contributed by atoms with Gasteiger partial charge in [0.25, 0.3) is 0 Å². The first-order chi connectivity index (χ1) is 7.53. The lowest BCUT2D eigenvalue weighted by Gasteiger charge is -2.31. The Morgan fingerprint density at radius 1 is 1.25 bits per heavy atom. The minimum Gasteiger partial charge on any atom is -0.388 e. The Morgan fingerprint density at radius 2 is 1.88 bits per heavy atom. The van der Waals surface area contributed by atoms with Crippen molar-refractivity contribution >= 4 is 31.9 Å². The number of aliphatic hydroxyl groups excluding tert-OH is 1. The Bertz CT molecular complexity index is 384. The van der Waals surface area contributed by atoms with Gasteiger partial charge >= 0.3 is 0 Å². The fraction of sp³-hybridized carbons (Fsp3) is 0.538. The van der Waals surface area contributed by atoms with Gasteiger partial charge in [0.05, 0.1) is 6.10 Å². The Kier molecular flexibility index (Phi) is 3.77. The first kappa shape index (κ1) is 12.6. The summed E-state index contributed by atoms with van der Waals surface area (Å²) in [6.45, 7) is 2.19. The maximum Gasteiger partial charge on any atom is 0.0854 e. The molecule has 1 aliphatic rings.